The highest BCUT2D eigenvalue weighted by atomic mass is 31.2. The molecule has 2 atom stereocenters. The predicted molar refractivity (Wildman–Crippen MR) is 106 cm³/mol. The van der Waals surface area contributed by atoms with E-state index >= 15 is 0 Å². The molecule has 0 saturated carbocycles. The third-order valence-electron chi connectivity index (χ3n) is 5.41. The topological polar surface area (TPSA) is 78.9 Å². The molecule has 2 aliphatic rings. The van der Waals surface area contributed by atoms with E-state index in [1.807, 2.05) is 6.92 Å². The number of Topliss-reactive ketones (excluding diaryl/α,β-unsaturated/α-hetero) is 1. The number of hydrogen-bond acceptors (Lipinski definition) is 6. The monoisotopic (exact) mass is 404 g/mol. The van der Waals surface area contributed by atoms with E-state index in [0.29, 0.717) is 16.9 Å². The third kappa shape index (κ3) is 3.05. The van der Waals surface area contributed by atoms with E-state index in [-0.39, 0.29) is 18.1 Å². The lowest BCUT2D eigenvalue weighted by molar-refractivity contribution is -0.121. The Kier molecular flexibility index (Phi) is 4.93. The van der Waals surface area contributed by atoms with Gasteiger partial charge in [-0.1, -0.05) is 6.08 Å². The second kappa shape index (κ2) is 6.71. The van der Waals surface area contributed by atoms with Crippen LogP contribution in [-0.4, -0.2) is 31.9 Å². The van der Waals surface area contributed by atoms with Crippen LogP contribution in [0.4, 0.5) is 0 Å². The lowest BCUT2D eigenvalue weighted by Gasteiger charge is -2.45. The van der Waals surface area contributed by atoms with E-state index < -0.39 is 24.2 Å². The van der Waals surface area contributed by atoms with E-state index in [9.17, 15) is 14.2 Å². The maximum absolute atomic E-state index is 13.4. The molecule has 1 unspecified atom stereocenters. The normalized spacial score (nSPS) is 25.1. The minimum absolute atomic E-state index is 0.0675. The smallest absolute Gasteiger partial charge is 0.376 e. The summed E-state index contributed by atoms with van der Waals surface area (Å²) in [5.74, 6) is -0.0251. The van der Waals surface area contributed by atoms with Crippen molar-refractivity contribution in [3.05, 3.63) is 52.8 Å². The third-order valence-corrected chi connectivity index (χ3v) is 6.65. The van der Waals surface area contributed by atoms with Gasteiger partial charge in [0.1, 0.15) is 5.75 Å². The van der Waals surface area contributed by atoms with Crippen molar-refractivity contribution in [3.63, 3.8) is 0 Å². The molecule has 0 N–H and O–H groups in total. The number of fused-ring (bicyclic) bond motifs is 3. The molecule has 0 spiro atoms. The van der Waals surface area contributed by atoms with Crippen molar-refractivity contribution in [2.24, 2.45) is 5.41 Å². The molecule has 0 amide bonds. The fraction of sp³-hybridized carbons (Fsp3) is 0.429. The molecule has 1 aromatic carbocycles. The number of carbonyl (C=O) groups excluding carboxylic acids is 2. The van der Waals surface area contributed by atoms with Gasteiger partial charge >= 0.3 is 7.60 Å². The fourth-order valence-electron chi connectivity index (χ4n) is 4.08. The number of carbonyl (C=O) groups is 2. The Labute approximate surface area is 165 Å². The maximum atomic E-state index is 13.4. The number of methoxy groups -OCH3 is 1. The molecule has 0 aliphatic heterocycles. The summed E-state index contributed by atoms with van der Waals surface area (Å²) in [5, 5.41) is 0. The van der Waals surface area contributed by atoms with Crippen molar-refractivity contribution >= 4 is 19.2 Å². The van der Waals surface area contributed by atoms with Gasteiger partial charge in [-0.3, -0.25) is 9.59 Å². The fourth-order valence-corrected chi connectivity index (χ4v) is 5.11. The van der Waals surface area contributed by atoms with Crippen molar-refractivity contribution in [1.29, 1.82) is 0 Å². The first-order valence-electron chi connectivity index (χ1n) is 9.11. The van der Waals surface area contributed by atoms with Crippen LogP contribution in [0.15, 0.2) is 41.7 Å². The van der Waals surface area contributed by atoms with Gasteiger partial charge < -0.3 is 13.8 Å². The lowest BCUT2D eigenvalue weighted by atomic mass is 9.57. The summed E-state index contributed by atoms with van der Waals surface area (Å²) in [5.41, 5.74) is -0.176. The van der Waals surface area contributed by atoms with Crippen LogP contribution < -0.4 is 4.74 Å². The highest BCUT2D eigenvalue weighted by Crippen LogP contribution is 2.57. The molecule has 6 nitrogen and oxygen atoms in total. The van der Waals surface area contributed by atoms with Crippen LogP contribution in [0.2, 0.25) is 0 Å². The minimum Gasteiger partial charge on any atom is -0.497 e. The molecule has 2 aliphatic carbocycles. The van der Waals surface area contributed by atoms with E-state index in [1.54, 1.807) is 52.2 Å². The van der Waals surface area contributed by atoms with Crippen molar-refractivity contribution in [2.75, 3.05) is 20.4 Å². The zero-order valence-electron chi connectivity index (χ0n) is 17.0. The van der Waals surface area contributed by atoms with Crippen LogP contribution in [0.1, 0.15) is 43.6 Å². The molecular formula is C21H25O6P. The Bertz CT molecular complexity index is 971. The van der Waals surface area contributed by atoms with Gasteiger partial charge in [-0.15, -0.1) is 0 Å². The molecule has 3 rings (SSSR count). The van der Waals surface area contributed by atoms with Gasteiger partial charge in [-0.2, -0.15) is 0 Å². The first kappa shape index (κ1) is 20.6. The van der Waals surface area contributed by atoms with E-state index in [4.69, 9.17) is 13.8 Å². The summed E-state index contributed by atoms with van der Waals surface area (Å²) >= 11 is 0. The van der Waals surface area contributed by atoms with Gasteiger partial charge in [-0.25, -0.2) is 4.57 Å². The van der Waals surface area contributed by atoms with Crippen LogP contribution in [0, 0.1) is 5.41 Å². The highest BCUT2D eigenvalue weighted by Gasteiger charge is 2.53. The number of rotatable bonds is 5. The molecule has 0 fully saturated rings. The van der Waals surface area contributed by atoms with Crippen LogP contribution in [0.3, 0.4) is 0 Å². The van der Waals surface area contributed by atoms with Gasteiger partial charge in [0.05, 0.1) is 19.1 Å². The number of ether oxygens (including phenoxy) is 1. The van der Waals surface area contributed by atoms with Gasteiger partial charge in [0.25, 0.3) is 0 Å². The van der Waals surface area contributed by atoms with Gasteiger partial charge in [0, 0.05) is 23.2 Å². The average Bonchev–Trinajstić information content (AvgIpc) is 2.62. The molecule has 28 heavy (non-hydrogen) atoms. The second-order valence-electron chi connectivity index (χ2n) is 7.75. The average molecular weight is 404 g/mol. The van der Waals surface area contributed by atoms with Crippen molar-refractivity contribution in [3.8, 4) is 5.75 Å². The zero-order valence-corrected chi connectivity index (χ0v) is 17.9. The number of hydrogen-bond donors (Lipinski definition) is 0. The van der Waals surface area contributed by atoms with Gasteiger partial charge in [-0.05, 0) is 57.5 Å². The Morgan fingerprint density at radius 1 is 1.14 bits per heavy atom. The lowest BCUT2D eigenvalue weighted by Crippen LogP contribution is -2.45. The number of ketones is 2. The maximum Gasteiger partial charge on any atom is 0.376 e. The van der Waals surface area contributed by atoms with Crippen LogP contribution in [-0.2, 0) is 23.8 Å². The number of allylic oxidation sites excluding steroid dienone is 4. The van der Waals surface area contributed by atoms with Gasteiger partial charge in [0.2, 0.25) is 5.78 Å². The molecule has 0 heterocycles. The molecule has 1 aromatic rings. The SMILES string of the molecule is CCOP(C)(=O)OC1=C2C(C)(C)C(=O)C=C[C@]2(C)c2cc(OC)ccc2C1=O. The van der Waals surface area contributed by atoms with Gasteiger partial charge in [0.15, 0.2) is 11.5 Å². The van der Waals surface area contributed by atoms with Crippen molar-refractivity contribution < 1.29 is 27.9 Å². The minimum atomic E-state index is -3.53. The predicted octanol–water partition coefficient (Wildman–Crippen LogP) is 4.44. The molecule has 150 valence electrons. The van der Waals surface area contributed by atoms with Crippen LogP contribution in [0.5, 0.6) is 5.75 Å². The van der Waals surface area contributed by atoms with Crippen molar-refractivity contribution in [2.45, 2.75) is 33.1 Å². The Hall–Kier alpha value is -2.17. The van der Waals surface area contributed by atoms with E-state index in [0.717, 1.165) is 5.56 Å². The molecule has 0 bridgehead atoms. The highest BCUT2D eigenvalue weighted by molar-refractivity contribution is 7.53. The first-order chi connectivity index (χ1) is 13.0. The Morgan fingerprint density at radius 3 is 2.43 bits per heavy atom. The van der Waals surface area contributed by atoms with E-state index in [1.165, 1.54) is 12.7 Å². The molecular weight excluding hydrogens is 379 g/mol. The molecule has 0 radical (unpaired) electrons. The summed E-state index contributed by atoms with van der Waals surface area (Å²) in [6, 6.07) is 5.16. The number of benzene rings is 1. The van der Waals surface area contributed by atoms with Crippen molar-refractivity contribution in [1.82, 2.24) is 0 Å². The Morgan fingerprint density at radius 2 is 1.82 bits per heavy atom. The first-order valence-corrected chi connectivity index (χ1v) is 11.1. The largest absolute Gasteiger partial charge is 0.497 e. The van der Waals surface area contributed by atoms with Crippen LogP contribution in [0.25, 0.3) is 0 Å². The molecule has 0 saturated heterocycles. The standard InChI is InChI=1S/C21H25O6P/c1-7-26-28(6,24)27-18-17(23)14-9-8-13(25-5)12-15(14)21(4)11-10-16(22)20(2,3)19(18)21/h8-12H,7H2,1-6H3/t21-,28?/m1/s1. The van der Waals surface area contributed by atoms with Crippen LogP contribution >= 0.6 is 7.60 Å². The summed E-state index contributed by atoms with van der Waals surface area (Å²) in [6.07, 6.45) is 3.31. The molecule has 7 heteroatoms. The summed E-state index contributed by atoms with van der Waals surface area (Å²) in [7, 11) is -1.98. The quantitative estimate of drug-likeness (QED) is 0.675. The Balaban J connectivity index is 2.34. The summed E-state index contributed by atoms with van der Waals surface area (Å²) in [4.78, 5) is 26.0. The summed E-state index contributed by atoms with van der Waals surface area (Å²) in [6.45, 7) is 8.61. The van der Waals surface area contributed by atoms with E-state index in [2.05, 4.69) is 0 Å². The second-order valence-corrected chi connectivity index (χ2v) is 9.73. The molecule has 0 aromatic heterocycles. The summed E-state index contributed by atoms with van der Waals surface area (Å²) < 4.78 is 29.0. The zero-order chi connectivity index (χ0) is 20.9.